The zero-order chi connectivity index (χ0) is 19.6. The first kappa shape index (κ1) is 20.7. The molecule has 0 saturated carbocycles. The van der Waals surface area contributed by atoms with Gasteiger partial charge < -0.3 is 15.4 Å². The Bertz CT molecular complexity index is 724. The molecule has 0 amide bonds. The average Bonchev–Trinajstić information content (AvgIpc) is 3.24. The molecule has 0 spiro atoms. The maximum atomic E-state index is 5.29. The van der Waals surface area contributed by atoms with Gasteiger partial charge in [-0.05, 0) is 67.9 Å². The summed E-state index contributed by atoms with van der Waals surface area (Å²) in [7, 11) is 1.69. The minimum atomic E-state index is 0.645. The standard InChI is InChI=1S/C22H32N4OS/c1-3-23-22(25-16-19-6-4-7-20(14-19)27-2)24-15-18-9-11-26(12-10-18)17-21-8-5-13-28-21/h4-8,13-14,18H,3,9-12,15-17H2,1-2H3,(H2,23,24,25). The third-order valence-electron chi connectivity index (χ3n) is 5.12. The van der Waals surface area contributed by atoms with Crippen molar-refractivity contribution in [2.45, 2.75) is 32.9 Å². The number of methoxy groups -OCH3 is 1. The molecule has 1 saturated heterocycles. The Morgan fingerprint density at radius 2 is 2.07 bits per heavy atom. The van der Waals surface area contributed by atoms with E-state index in [1.807, 2.05) is 29.5 Å². The second-order valence-electron chi connectivity index (χ2n) is 7.23. The molecule has 28 heavy (non-hydrogen) atoms. The summed E-state index contributed by atoms with van der Waals surface area (Å²) in [6, 6.07) is 12.5. The summed E-state index contributed by atoms with van der Waals surface area (Å²) in [6.07, 6.45) is 2.49. The topological polar surface area (TPSA) is 48.9 Å². The van der Waals surface area contributed by atoms with E-state index in [-0.39, 0.29) is 0 Å². The normalized spacial score (nSPS) is 16.1. The van der Waals surface area contributed by atoms with Gasteiger partial charge in [0.15, 0.2) is 5.96 Å². The summed E-state index contributed by atoms with van der Waals surface area (Å²) in [5.41, 5.74) is 1.15. The SMILES string of the molecule is CCNC(=NCc1cccc(OC)c1)NCC1CCN(Cc2cccs2)CC1. The third-order valence-corrected chi connectivity index (χ3v) is 5.98. The van der Waals surface area contributed by atoms with Gasteiger partial charge in [-0.25, -0.2) is 4.99 Å². The van der Waals surface area contributed by atoms with E-state index in [4.69, 9.17) is 9.73 Å². The number of piperidine rings is 1. The lowest BCUT2D eigenvalue weighted by Gasteiger charge is -2.32. The van der Waals surface area contributed by atoms with Crippen LogP contribution in [0.3, 0.4) is 0 Å². The van der Waals surface area contributed by atoms with Gasteiger partial charge in [0, 0.05) is 24.5 Å². The van der Waals surface area contributed by atoms with Gasteiger partial charge in [0.05, 0.1) is 13.7 Å². The Hall–Kier alpha value is -2.05. The van der Waals surface area contributed by atoms with Crippen LogP contribution >= 0.6 is 11.3 Å². The van der Waals surface area contributed by atoms with Gasteiger partial charge >= 0.3 is 0 Å². The Labute approximate surface area is 172 Å². The van der Waals surface area contributed by atoms with Gasteiger partial charge in [-0.2, -0.15) is 0 Å². The average molecular weight is 401 g/mol. The van der Waals surface area contributed by atoms with Crippen LogP contribution in [0.15, 0.2) is 46.8 Å². The van der Waals surface area contributed by atoms with Crippen molar-refractivity contribution in [2.24, 2.45) is 10.9 Å². The molecule has 0 unspecified atom stereocenters. The lowest BCUT2D eigenvalue weighted by Crippen LogP contribution is -2.42. The fourth-order valence-electron chi connectivity index (χ4n) is 3.50. The maximum Gasteiger partial charge on any atom is 0.191 e. The van der Waals surface area contributed by atoms with Gasteiger partial charge in [-0.3, -0.25) is 4.90 Å². The molecule has 1 aliphatic heterocycles. The molecule has 2 heterocycles. The Balaban J connectivity index is 1.44. The molecule has 1 aliphatic rings. The van der Waals surface area contributed by atoms with Crippen LogP contribution in [0.25, 0.3) is 0 Å². The van der Waals surface area contributed by atoms with Crippen molar-refractivity contribution in [3.63, 3.8) is 0 Å². The molecule has 1 fully saturated rings. The van der Waals surface area contributed by atoms with E-state index in [1.165, 1.54) is 30.8 Å². The summed E-state index contributed by atoms with van der Waals surface area (Å²) in [5.74, 6) is 2.48. The van der Waals surface area contributed by atoms with Gasteiger partial charge in [-0.15, -0.1) is 11.3 Å². The van der Waals surface area contributed by atoms with Crippen LogP contribution in [-0.2, 0) is 13.1 Å². The number of nitrogens with zero attached hydrogens (tertiary/aromatic N) is 2. The first-order valence-electron chi connectivity index (χ1n) is 10.2. The lowest BCUT2D eigenvalue weighted by atomic mass is 9.97. The smallest absolute Gasteiger partial charge is 0.191 e. The highest BCUT2D eigenvalue weighted by atomic mass is 32.1. The second kappa shape index (κ2) is 11.1. The van der Waals surface area contributed by atoms with E-state index < -0.39 is 0 Å². The van der Waals surface area contributed by atoms with E-state index in [1.54, 1.807) is 7.11 Å². The molecule has 6 heteroatoms. The monoisotopic (exact) mass is 400 g/mol. The quantitative estimate of drug-likeness (QED) is 0.524. The van der Waals surface area contributed by atoms with E-state index in [0.29, 0.717) is 12.5 Å². The Morgan fingerprint density at radius 1 is 1.21 bits per heavy atom. The summed E-state index contributed by atoms with van der Waals surface area (Å²) >= 11 is 1.86. The largest absolute Gasteiger partial charge is 0.497 e. The first-order valence-corrected chi connectivity index (χ1v) is 11.0. The van der Waals surface area contributed by atoms with Crippen LogP contribution in [0.5, 0.6) is 5.75 Å². The summed E-state index contributed by atoms with van der Waals surface area (Å²) in [5, 5.41) is 9.06. The summed E-state index contributed by atoms with van der Waals surface area (Å²) in [6.45, 7) is 8.06. The minimum absolute atomic E-state index is 0.645. The van der Waals surface area contributed by atoms with Crippen molar-refractivity contribution in [2.75, 3.05) is 33.3 Å². The van der Waals surface area contributed by atoms with E-state index in [9.17, 15) is 0 Å². The molecule has 3 rings (SSSR count). The number of likely N-dealkylation sites (tertiary alicyclic amines) is 1. The van der Waals surface area contributed by atoms with Crippen LogP contribution in [0, 0.1) is 5.92 Å². The fourth-order valence-corrected chi connectivity index (χ4v) is 4.24. The highest BCUT2D eigenvalue weighted by Crippen LogP contribution is 2.20. The van der Waals surface area contributed by atoms with Gasteiger partial charge in [0.2, 0.25) is 0 Å². The maximum absolute atomic E-state index is 5.29. The van der Waals surface area contributed by atoms with E-state index in [2.05, 4.69) is 46.0 Å². The fraction of sp³-hybridized carbons (Fsp3) is 0.500. The molecule has 2 N–H and O–H groups in total. The van der Waals surface area contributed by atoms with Gasteiger partial charge in [0.1, 0.15) is 5.75 Å². The first-order chi connectivity index (χ1) is 13.8. The van der Waals surface area contributed by atoms with Crippen molar-refractivity contribution in [1.82, 2.24) is 15.5 Å². The third kappa shape index (κ3) is 6.53. The number of aliphatic imine (C=N–C) groups is 1. The van der Waals surface area contributed by atoms with Crippen LogP contribution in [-0.4, -0.2) is 44.1 Å². The predicted octanol–water partition coefficient (Wildman–Crippen LogP) is 3.72. The minimum Gasteiger partial charge on any atom is -0.497 e. The lowest BCUT2D eigenvalue weighted by molar-refractivity contribution is 0.179. The van der Waals surface area contributed by atoms with Crippen LogP contribution in [0.1, 0.15) is 30.2 Å². The Kier molecular flexibility index (Phi) is 8.18. The Morgan fingerprint density at radius 3 is 2.79 bits per heavy atom. The number of guanidine groups is 1. The van der Waals surface area contributed by atoms with Gasteiger partial charge in [-0.1, -0.05) is 18.2 Å². The number of nitrogens with one attached hydrogen (secondary N) is 2. The van der Waals surface area contributed by atoms with E-state index in [0.717, 1.165) is 36.9 Å². The number of thiophene rings is 1. The molecule has 5 nitrogen and oxygen atoms in total. The molecule has 1 aromatic carbocycles. The number of ether oxygens (including phenoxy) is 1. The van der Waals surface area contributed by atoms with Crippen molar-refractivity contribution < 1.29 is 4.74 Å². The zero-order valence-corrected chi connectivity index (χ0v) is 17.8. The summed E-state index contributed by atoms with van der Waals surface area (Å²) in [4.78, 5) is 8.78. The molecule has 2 aromatic rings. The number of benzene rings is 1. The van der Waals surface area contributed by atoms with Crippen molar-refractivity contribution in [1.29, 1.82) is 0 Å². The van der Waals surface area contributed by atoms with Crippen molar-refractivity contribution in [3.8, 4) is 5.75 Å². The highest BCUT2D eigenvalue weighted by Gasteiger charge is 2.19. The zero-order valence-electron chi connectivity index (χ0n) is 17.0. The predicted molar refractivity (Wildman–Crippen MR) is 118 cm³/mol. The van der Waals surface area contributed by atoms with Crippen molar-refractivity contribution in [3.05, 3.63) is 52.2 Å². The molecule has 0 aliphatic carbocycles. The molecule has 1 aromatic heterocycles. The molecule has 0 atom stereocenters. The van der Waals surface area contributed by atoms with Crippen LogP contribution in [0.4, 0.5) is 0 Å². The highest BCUT2D eigenvalue weighted by molar-refractivity contribution is 7.09. The van der Waals surface area contributed by atoms with E-state index >= 15 is 0 Å². The number of hydrogen-bond acceptors (Lipinski definition) is 4. The van der Waals surface area contributed by atoms with Crippen LogP contribution in [0.2, 0.25) is 0 Å². The second-order valence-corrected chi connectivity index (χ2v) is 8.26. The molecular formula is C22H32N4OS. The summed E-state index contributed by atoms with van der Waals surface area (Å²) < 4.78 is 5.29. The van der Waals surface area contributed by atoms with Crippen LogP contribution < -0.4 is 15.4 Å². The van der Waals surface area contributed by atoms with Crippen molar-refractivity contribution >= 4 is 17.3 Å². The number of rotatable bonds is 8. The number of hydrogen-bond donors (Lipinski definition) is 2. The molecule has 0 bridgehead atoms. The van der Waals surface area contributed by atoms with Gasteiger partial charge in [0.25, 0.3) is 0 Å². The molecule has 152 valence electrons. The molecular weight excluding hydrogens is 368 g/mol. The molecule has 0 radical (unpaired) electrons.